The highest BCUT2D eigenvalue weighted by molar-refractivity contribution is 6.39. The number of anilines is 1. The summed E-state index contributed by atoms with van der Waals surface area (Å²) < 4.78 is 1.92. The summed E-state index contributed by atoms with van der Waals surface area (Å²) in [5.41, 5.74) is 2.84. The molecular weight excluding hydrogens is 280 g/mol. The first-order valence-corrected chi connectivity index (χ1v) is 7.18. The van der Waals surface area contributed by atoms with Crippen molar-refractivity contribution < 1.29 is 9.59 Å². The number of aryl methyl sites for hydroxylation is 3. The minimum atomic E-state index is -0.647. The van der Waals surface area contributed by atoms with Crippen molar-refractivity contribution in [3.8, 4) is 0 Å². The summed E-state index contributed by atoms with van der Waals surface area (Å²) in [4.78, 5) is 27.4. The number of imidazole rings is 1. The van der Waals surface area contributed by atoms with E-state index in [1.807, 2.05) is 36.7 Å². The Hall–Kier alpha value is -2.63. The van der Waals surface area contributed by atoms with Crippen molar-refractivity contribution in [2.75, 3.05) is 11.9 Å². The monoisotopic (exact) mass is 300 g/mol. The SMILES string of the molecule is Cc1ccc(NC(=O)C(=O)NCCCn2ccnc2)cc1C. The third kappa shape index (κ3) is 4.44. The number of amides is 2. The fourth-order valence-electron chi connectivity index (χ4n) is 1.97. The zero-order valence-electron chi connectivity index (χ0n) is 12.8. The van der Waals surface area contributed by atoms with Gasteiger partial charge in [0.25, 0.3) is 0 Å². The quantitative estimate of drug-likeness (QED) is 0.651. The lowest BCUT2D eigenvalue weighted by Crippen LogP contribution is -2.36. The van der Waals surface area contributed by atoms with Gasteiger partial charge in [-0.2, -0.15) is 0 Å². The second-order valence-corrected chi connectivity index (χ2v) is 5.16. The summed E-state index contributed by atoms with van der Waals surface area (Å²) in [6, 6.07) is 5.54. The Labute approximate surface area is 129 Å². The summed E-state index contributed by atoms with van der Waals surface area (Å²) in [6.07, 6.45) is 6.01. The Bertz CT molecular complexity index is 650. The fourth-order valence-corrected chi connectivity index (χ4v) is 1.97. The van der Waals surface area contributed by atoms with Crippen LogP contribution in [0.25, 0.3) is 0 Å². The highest BCUT2D eigenvalue weighted by Crippen LogP contribution is 2.13. The molecule has 0 saturated carbocycles. The Morgan fingerprint density at radius 2 is 2.00 bits per heavy atom. The number of hydrogen-bond donors (Lipinski definition) is 2. The molecule has 0 atom stereocenters. The fraction of sp³-hybridized carbons (Fsp3) is 0.312. The standard InChI is InChI=1S/C16H20N4O2/c1-12-4-5-14(10-13(12)2)19-16(22)15(21)18-6-3-8-20-9-7-17-11-20/h4-5,7,9-11H,3,6,8H2,1-2H3,(H,18,21)(H,19,22). The summed E-state index contributed by atoms with van der Waals surface area (Å²) in [7, 11) is 0. The van der Waals surface area contributed by atoms with Crippen LogP contribution < -0.4 is 10.6 Å². The largest absolute Gasteiger partial charge is 0.348 e. The van der Waals surface area contributed by atoms with E-state index in [2.05, 4.69) is 15.6 Å². The van der Waals surface area contributed by atoms with E-state index >= 15 is 0 Å². The predicted molar refractivity (Wildman–Crippen MR) is 84.4 cm³/mol. The van der Waals surface area contributed by atoms with Gasteiger partial charge in [0.15, 0.2) is 0 Å². The lowest BCUT2D eigenvalue weighted by atomic mass is 10.1. The molecule has 0 unspecified atom stereocenters. The van der Waals surface area contributed by atoms with Crippen molar-refractivity contribution in [3.05, 3.63) is 48.0 Å². The molecule has 0 radical (unpaired) electrons. The smallest absolute Gasteiger partial charge is 0.313 e. The van der Waals surface area contributed by atoms with Crippen LogP contribution in [0, 0.1) is 13.8 Å². The Morgan fingerprint density at radius 1 is 1.18 bits per heavy atom. The molecule has 2 rings (SSSR count). The van der Waals surface area contributed by atoms with Crippen molar-refractivity contribution in [1.29, 1.82) is 0 Å². The number of aromatic nitrogens is 2. The molecule has 0 aliphatic heterocycles. The highest BCUT2D eigenvalue weighted by Gasteiger charge is 2.13. The van der Waals surface area contributed by atoms with Gasteiger partial charge in [-0.3, -0.25) is 9.59 Å². The van der Waals surface area contributed by atoms with Gasteiger partial charge in [-0.25, -0.2) is 4.98 Å². The van der Waals surface area contributed by atoms with Crippen molar-refractivity contribution in [2.24, 2.45) is 0 Å². The van der Waals surface area contributed by atoms with E-state index in [1.165, 1.54) is 0 Å². The molecular formula is C16H20N4O2. The van der Waals surface area contributed by atoms with E-state index in [1.54, 1.807) is 18.6 Å². The minimum Gasteiger partial charge on any atom is -0.348 e. The molecule has 1 aromatic heterocycles. The summed E-state index contributed by atoms with van der Waals surface area (Å²) in [6.45, 7) is 5.14. The molecule has 6 nitrogen and oxygen atoms in total. The van der Waals surface area contributed by atoms with Gasteiger partial charge in [0.1, 0.15) is 0 Å². The van der Waals surface area contributed by atoms with Gasteiger partial charge in [-0.05, 0) is 43.5 Å². The number of rotatable bonds is 5. The lowest BCUT2D eigenvalue weighted by Gasteiger charge is -2.08. The first-order valence-electron chi connectivity index (χ1n) is 7.18. The van der Waals surface area contributed by atoms with Gasteiger partial charge in [0.05, 0.1) is 6.33 Å². The Kier molecular flexibility index (Phi) is 5.30. The van der Waals surface area contributed by atoms with Gasteiger partial charge in [0.2, 0.25) is 0 Å². The van der Waals surface area contributed by atoms with Crippen LogP contribution in [-0.2, 0) is 16.1 Å². The molecule has 0 spiro atoms. The van der Waals surface area contributed by atoms with Crippen LogP contribution in [0.2, 0.25) is 0 Å². The Morgan fingerprint density at radius 3 is 2.68 bits per heavy atom. The van der Waals surface area contributed by atoms with Gasteiger partial charge in [-0.15, -0.1) is 0 Å². The van der Waals surface area contributed by atoms with Crippen molar-refractivity contribution in [2.45, 2.75) is 26.8 Å². The summed E-state index contributed by atoms with van der Waals surface area (Å²) in [5.74, 6) is -1.27. The molecule has 6 heteroatoms. The minimum absolute atomic E-state index is 0.442. The molecule has 0 fully saturated rings. The molecule has 0 aliphatic carbocycles. The molecule has 0 bridgehead atoms. The molecule has 1 aromatic carbocycles. The molecule has 116 valence electrons. The average molecular weight is 300 g/mol. The first kappa shape index (κ1) is 15.8. The number of carbonyl (C=O) groups excluding carboxylic acids is 2. The van der Waals surface area contributed by atoms with Gasteiger partial charge in [0, 0.05) is 31.2 Å². The Balaban J connectivity index is 1.74. The zero-order valence-corrected chi connectivity index (χ0v) is 12.8. The van der Waals surface area contributed by atoms with Crippen LogP contribution in [0.3, 0.4) is 0 Å². The third-order valence-corrected chi connectivity index (χ3v) is 3.41. The molecule has 2 aromatic rings. The number of carbonyl (C=O) groups is 2. The first-order chi connectivity index (χ1) is 10.6. The maximum atomic E-state index is 11.8. The molecule has 1 heterocycles. The molecule has 0 saturated heterocycles. The van der Waals surface area contributed by atoms with E-state index in [4.69, 9.17) is 0 Å². The van der Waals surface area contributed by atoms with E-state index in [-0.39, 0.29) is 0 Å². The molecule has 2 N–H and O–H groups in total. The number of hydrogen-bond acceptors (Lipinski definition) is 3. The van der Waals surface area contributed by atoms with E-state index in [9.17, 15) is 9.59 Å². The van der Waals surface area contributed by atoms with Crippen molar-refractivity contribution in [3.63, 3.8) is 0 Å². The number of benzene rings is 1. The van der Waals surface area contributed by atoms with E-state index < -0.39 is 11.8 Å². The third-order valence-electron chi connectivity index (χ3n) is 3.41. The van der Waals surface area contributed by atoms with Crippen LogP contribution in [0.1, 0.15) is 17.5 Å². The van der Waals surface area contributed by atoms with Gasteiger partial charge >= 0.3 is 11.8 Å². The number of nitrogens with zero attached hydrogens (tertiary/aromatic N) is 2. The molecule has 0 aliphatic rings. The van der Waals surface area contributed by atoms with E-state index in [0.29, 0.717) is 12.2 Å². The second-order valence-electron chi connectivity index (χ2n) is 5.16. The van der Waals surface area contributed by atoms with Crippen LogP contribution in [-0.4, -0.2) is 27.9 Å². The topological polar surface area (TPSA) is 76.0 Å². The summed E-state index contributed by atoms with van der Waals surface area (Å²) >= 11 is 0. The predicted octanol–water partition coefficient (Wildman–Crippen LogP) is 1.64. The van der Waals surface area contributed by atoms with Gasteiger partial charge in [-0.1, -0.05) is 6.07 Å². The van der Waals surface area contributed by atoms with Crippen LogP contribution in [0.4, 0.5) is 5.69 Å². The second kappa shape index (κ2) is 7.40. The normalized spacial score (nSPS) is 10.3. The molecule has 2 amide bonds. The van der Waals surface area contributed by atoms with Crippen molar-refractivity contribution in [1.82, 2.24) is 14.9 Å². The zero-order chi connectivity index (χ0) is 15.9. The average Bonchev–Trinajstić information content (AvgIpc) is 3.00. The highest BCUT2D eigenvalue weighted by atomic mass is 16.2. The lowest BCUT2D eigenvalue weighted by molar-refractivity contribution is -0.136. The molecule has 22 heavy (non-hydrogen) atoms. The van der Waals surface area contributed by atoms with Crippen molar-refractivity contribution >= 4 is 17.5 Å². The number of nitrogens with one attached hydrogen (secondary N) is 2. The van der Waals surface area contributed by atoms with Crippen LogP contribution in [0.15, 0.2) is 36.9 Å². The maximum absolute atomic E-state index is 11.8. The van der Waals surface area contributed by atoms with Gasteiger partial charge < -0.3 is 15.2 Å². The summed E-state index contributed by atoms with van der Waals surface area (Å²) in [5, 5.41) is 5.20. The van der Waals surface area contributed by atoms with E-state index in [0.717, 1.165) is 24.1 Å². The maximum Gasteiger partial charge on any atom is 0.313 e. The van der Waals surface area contributed by atoms with Crippen LogP contribution in [0.5, 0.6) is 0 Å². The van der Waals surface area contributed by atoms with Crippen LogP contribution >= 0.6 is 0 Å².